The number of hydrogen-bond donors (Lipinski definition) is 10. The standard InChI is InChI=1S/C20H25N7O6.H2O4S/c21-20-26-16-15(18(31)27-20)24-12(9-23-16)7-8-22-11-3-1-10(2-4-11)17(30)25-13(19(32)33)5-6-14(28)29;1-5(2,3)4/h1-4,12-13,22,24H,5-9H2,(H,25,30)(H,28,29)(H,32,33)(H4,21,23,26,27,31);(H2,1,2,3,4). The maximum absolute atomic E-state index is 12.3. The number of nitrogens with zero attached hydrogens (tertiary/aromatic N) is 1. The third-order valence-corrected chi connectivity index (χ3v) is 5.02. The number of carboxylic acids is 2. The highest BCUT2D eigenvalue weighted by Crippen LogP contribution is 2.21. The zero-order valence-electron chi connectivity index (χ0n) is 19.7. The molecule has 2 unspecified atom stereocenters. The number of carbonyl (C=O) groups is 3. The molecule has 17 nitrogen and oxygen atoms in total. The van der Waals surface area contributed by atoms with Crippen LogP contribution in [0, 0.1) is 0 Å². The predicted molar refractivity (Wildman–Crippen MR) is 135 cm³/mol. The Balaban J connectivity index is 0.000000926. The molecule has 3 rings (SSSR count). The third kappa shape index (κ3) is 10.3. The molecule has 0 saturated heterocycles. The molecule has 1 aliphatic rings. The lowest BCUT2D eigenvalue weighted by Gasteiger charge is -2.27. The van der Waals surface area contributed by atoms with Gasteiger partial charge in [-0.3, -0.25) is 28.5 Å². The van der Waals surface area contributed by atoms with Crippen molar-refractivity contribution in [2.75, 3.05) is 34.8 Å². The van der Waals surface area contributed by atoms with Gasteiger partial charge in [-0.15, -0.1) is 0 Å². The van der Waals surface area contributed by atoms with E-state index in [9.17, 15) is 19.2 Å². The van der Waals surface area contributed by atoms with Crippen LogP contribution in [-0.2, 0) is 20.0 Å². The summed E-state index contributed by atoms with van der Waals surface area (Å²) in [5.41, 5.74) is 6.54. The van der Waals surface area contributed by atoms with Gasteiger partial charge in [-0.1, -0.05) is 0 Å². The minimum atomic E-state index is -4.67. The minimum Gasteiger partial charge on any atom is -0.481 e. The van der Waals surface area contributed by atoms with Gasteiger partial charge < -0.3 is 37.2 Å². The highest BCUT2D eigenvalue weighted by atomic mass is 32.3. The van der Waals surface area contributed by atoms with Crippen molar-refractivity contribution in [3.8, 4) is 0 Å². The molecule has 38 heavy (non-hydrogen) atoms. The summed E-state index contributed by atoms with van der Waals surface area (Å²) in [5, 5.41) is 29.6. The van der Waals surface area contributed by atoms with Crippen molar-refractivity contribution in [2.24, 2.45) is 0 Å². The molecule has 0 bridgehead atoms. The number of aliphatic carboxylic acids is 2. The molecular weight excluding hydrogens is 530 g/mol. The van der Waals surface area contributed by atoms with Gasteiger partial charge in [0, 0.05) is 36.8 Å². The van der Waals surface area contributed by atoms with Gasteiger partial charge in [-0.2, -0.15) is 13.4 Å². The zero-order chi connectivity index (χ0) is 28.5. The average molecular weight is 558 g/mol. The number of aromatic nitrogens is 2. The molecule has 0 aliphatic carbocycles. The molecule has 1 aliphatic heterocycles. The number of carbonyl (C=O) groups excluding carboxylic acids is 1. The summed E-state index contributed by atoms with van der Waals surface area (Å²) >= 11 is 0. The fraction of sp³-hybridized carbons (Fsp3) is 0.350. The zero-order valence-corrected chi connectivity index (χ0v) is 20.5. The molecule has 11 N–H and O–H groups in total. The topological polar surface area (TPSA) is 286 Å². The Hall–Kier alpha value is -4.42. The molecule has 1 aromatic carbocycles. The number of anilines is 4. The molecule has 0 radical (unpaired) electrons. The van der Waals surface area contributed by atoms with Crippen LogP contribution in [0.5, 0.6) is 0 Å². The SMILES string of the molecule is Nc1nc2c(c(=O)[nH]1)NC(CCNc1ccc(C(=O)NC(CCC(=O)O)C(=O)O)cc1)CN2.O=S(=O)(O)O. The molecule has 1 amide bonds. The predicted octanol–water partition coefficient (Wildman–Crippen LogP) is -0.545. The summed E-state index contributed by atoms with van der Waals surface area (Å²) in [4.78, 5) is 52.7. The summed E-state index contributed by atoms with van der Waals surface area (Å²) in [6.45, 7) is 1.15. The van der Waals surface area contributed by atoms with E-state index >= 15 is 0 Å². The smallest absolute Gasteiger partial charge is 0.394 e. The fourth-order valence-electron chi connectivity index (χ4n) is 3.30. The maximum Gasteiger partial charge on any atom is 0.394 e. The van der Waals surface area contributed by atoms with E-state index in [1.807, 2.05) is 0 Å². The number of fused-ring (bicyclic) bond motifs is 1. The fourth-order valence-corrected chi connectivity index (χ4v) is 3.30. The van der Waals surface area contributed by atoms with Crippen molar-refractivity contribution < 1.29 is 42.1 Å². The van der Waals surface area contributed by atoms with Gasteiger partial charge in [0.1, 0.15) is 11.7 Å². The van der Waals surface area contributed by atoms with Gasteiger partial charge >= 0.3 is 22.3 Å². The summed E-state index contributed by atoms with van der Waals surface area (Å²) in [7, 11) is -4.67. The van der Waals surface area contributed by atoms with Crippen LogP contribution in [0.15, 0.2) is 29.1 Å². The number of nitrogen functional groups attached to an aromatic ring is 1. The first-order valence-corrected chi connectivity index (χ1v) is 12.3. The van der Waals surface area contributed by atoms with Crippen molar-refractivity contribution in [2.45, 2.75) is 31.3 Å². The van der Waals surface area contributed by atoms with Gasteiger partial charge in [-0.25, -0.2) is 4.79 Å². The van der Waals surface area contributed by atoms with Crippen LogP contribution in [0.25, 0.3) is 0 Å². The number of aromatic amines is 1. The number of benzene rings is 1. The van der Waals surface area contributed by atoms with Crippen LogP contribution in [0.1, 0.15) is 29.6 Å². The first kappa shape index (κ1) is 29.8. The summed E-state index contributed by atoms with van der Waals surface area (Å²) in [6, 6.07) is 5.15. The van der Waals surface area contributed by atoms with Gasteiger partial charge in [0.15, 0.2) is 5.82 Å². The van der Waals surface area contributed by atoms with E-state index in [-0.39, 0.29) is 36.0 Å². The molecule has 0 saturated carbocycles. The first-order valence-electron chi connectivity index (χ1n) is 10.9. The second-order valence-corrected chi connectivity index (χ2v) is 8.83. The first-order chi connectivity index (χ1) is 17.7. The highest BCUT2D eigenvalue weighted by molar-refractivity contribution is 7.79. The minimum absolute atomic E-state index is 0.0136. The largest absolute Gasteiger partial charge is 0.481 e. The van der Waals surface area contributed by atoms with E-state index in [1.54, 1.807) is 24.3 Å². The second kappa shape index (κ2) is 13.2. The van der Waals surface area contributed by atoms with E-state index in [0.29, 0.717) is 31.0 Å². The molecule has 1 aromatic heterocycles. The van der Waals surface area contributed by atoms with Gasteiger partial charge in [-0.05, 0) is 37.1 Å². The monoisotopic (exact) mass is 557 g/mol. The average Bonchev–Trinajstić information content (AvgIpc) is 2.81. The molecule has 2 atom stereocenters. The van der Waals surface area contributed by atoms with Crippen LogP contribution in [-0.4, -0.2) is 80.7 Å². The number of nitrogens with two attached hydrogens (primary N) is 1. The number of hydrogen-bond acceptors (Lipinski definition) is 11. The van der Waals surface area contributed by atoms with E-state index in [1.165, 1.54) is 0 Å². The Morgan fingerprint density at radius 1 is 1.16 bits per heavy atom. The van der Waals surface area contributed by atoms with Gasteiger partial charge in [0.25, 0.3) is 11.5 Å². The summed E-state index contributed by atoms with van der Waals surface area (Å²) in [6.07, 6.45) is 0.109. The van der Waals surface area contributed by atoms with E-state index in [2.05, 4.69) is 31.2 Å². The summed E-state index contributed by atoms with van der Waals surface area (Å²) < 4.78 is 31.6. The normalized spacial score (nSPS) is 14.8. The molecule has 2 heterocycles. The molecule has 208 valence electrons. The Morgan fingerprint density at radius 3 is 2.37 bits per heavy atom. The summed E-state index contributed by atoms with van der Waals surface area (Å²) in [5.74, 6) is -2.57. The quantitative estimate of drug-likeness (QED) is 0.164. The lowest BCUT2D eigenvalue weighted by atomic mass is 10.1. The highest BCUT2D eigenvalue weighted by Gasteiger charge is 2.22. The lowest BCUT2D eigenvalue weighted by molar-refractivity contribution is -0.140. The molecule has 0 spiro atoms. The number of carboxylic acid groups (broad SMARTS) is 2. The number of amides is 1. The van der Waals surface area contributed by atoms with Crippen LogP contribution in [0.3, 0.4) is 0 Å². The second-order valence-electron chi connectivity index (χ2n) is 7.93. The lowest BCUT2D eigenvalue weighted by Crippen LogP contribution is -2.41. The van der Waals surface area contributed by atoms with Crippen molar-refractivity contribution in [3.63, 3.8) is 0 Å². The van der Waals surface area contributed by atoms with Crippen LogP contribution in [0.2, 0.25) is 0 Å². The van der Waals surface area contributed by atoms with Crippen molar-refractivity contribution >= 4 is 51.4 Å². The van der Waals surface area contributed by atoms with Gasteiger partial charge in [0.05, 0.1) is 0 Å². The van der Waals surface area contributed by atoms with Crippen molar-refractivity contribution in [1.82, 2.24) is 15.3 Å². The Labute approximate surface area is 215 Å². The Morgan fingerprint density at radius 2 is 1.79 bits per heavy atom. The van der Waals surface area contributed by atoms with Crippen LogP contribution >= 0.6 is 0 Å². The van der Waals surface area contributed by atoms with Crippen molar-refractivity contribution in [3.05, 3.63) is 40.2 Å². The van der Waals surface area contributed by atoms with Crippen LogP contribution in [0.4, 0.5) is 23.1 Å². The molecule has 0 fully saturated rings. The Kier molecular flexibility index (Phi) is 10.4. The van der Waals surface area contributed by atoms with E-state index in [0.717, 1.165) is 5.69 Å². The molecule has 18 heteroatoms. The van der Waals surface area contributed by atoms with Gasteiger partial charge in [0.2, 0.25) is 5.95 Å². The van der Waals surface area contributed by atoms with Crippen LogP contribution < -0.4 is 32.6 Å². The number of nitrogens with one attached hydrogen (secondary N) is 5. The van der Waals surface area contributed by atoms with E-state index in [4.69, 9.17) is 33.5 Å². The Bertz CT molecular complexity index is 1310. The maximum atomic E-state index is 12.3. The third-order valence-electron chi connectivity index (χ3n) is 5.02. The number of H-pyrrole nitrogens is 1. The molecular formula is C20H27N7O10S. The van der Waals surface area contributed by atoms with Crippen molar-refractivity contribution in [1.29, 1.82) is 0 Å². The van der Waals surface area contributed by atoms with E-state index < -0.39 is 34.3 Å². The number of rotatable bonds is 10. The molecule has 2 aromatic rings.